The molecular weight excluding hydrogens is 228 g/mol. The van der Waals surface area contributed by atoms with Gasteiger partial charge in [0.25, 0.3) is 0 Å². The summed E-state index contributed by atoms with van der Waals surface area (Å²) in [6.45, 7) is 5.39. The van der Waals surface area contributed by atoms with Crippen molar-refractivity contribution in [2.45, 2.75) is 20.8 Å². The summed E-state index contributed by atoms with van der Waals surface area (Å²) in [6.07, 6.45) is 1.63. The number of hydrogen-bond donors (Lipinski definition) is 1. The summed E-state index contributed by atoms with van der Waals surface area (Å²) in [4.78, 5) is 14.8. The van der Waals surface area contributed by atoms with Crippen LogP contribution >= 0.6 is 0 Å². The topological polar surface area (TPSA) is 65.9 Å². The molecule has 2 rings (SSSR count). The zero-order chi connectivity index (χ0) is 13.3. The molecule has 0 unspecified atom stereocenters. The third-order valence-electron chi connectivity index (χ3n) is 2.59. The average Bonchev–Trinajstić information content (AvgIpc) is 2.70. The van der Waals surface area contributed by atoms with Gasteiger partial charge in [-0.3, -0.25) is 4.79 Å². The van der Waals surface area contributed by atoms with E-state index in [-0.39, 0.29) is 5.97 Å². The molecule has 0 bridgehead atoms. The van der Waals surface area contributed by atoms with E-state index in [1.165, 1.54) is 0 Å². The van der Waals surface area contributed by atoms with Gasteiger partial charge in [-0.05, 0) is 39.0 Å². The molecule has 2 aromatic rings. The summed E-state index contributed by atoms with van der Waals surface area (Å²) in [5, 5.41) is 9.61. The average molecular weight is 242 g/mol. The van der Waals surface area contributed by atoms with Crippen molar-refractivity contribution in [3.05, 3.63) is 30.0 Å². The normalized spacial score (nSPS) is 11.2. The Hall–Kier alpha value is -2.28. The Labute approximate surface area is 105 Å². The number of nitrogens with one attached hydrogen (secondary N) is 1. The lowest BCUT2D eigenvalue weighted by molar-refractivity contribution is -0.142. The van der Waals surface area contributed by atoms with Crippen molar-refractivity contribution in [3.8, 4) is 11.8 Å². The van der Waals surface area contributed by atoms with Gasteiger partial charge in [-0.15, -0.1) is 0 Å². The molecule has 0 fully saturated rings. The van der Waals surface area contributed by atoms with Crippen LogP contribution in [0.4, 0.5) is 0 Å². The van der Waals surface area contributed by atoms with Gasteiger partial charge in [-0.1, -0.05) is 0 Å². The lowest BCUT2D eigenvalue weighted by atomic mass is 9.97. The lowest BCUT2D eigenvalue weighted by Crippen LogP contribution is -2.25. The second-order valence-electron chi connectivity index (χ2n) is 5.16. The predicted octanol–water partition coefficient (Wildman–Crippen LogP) is 2.99. The maximum Gasteiger partial charge on any atom is 0.316 e. The fourth-order valence-corrected chi connectivity index (χ4v) is 1.50. The van der Waals surface area contributed by atoms with Crippen LogP contribution in [0.3, 0.4) is 0 Å². The Balaban J connectivity index is 2.41. The first-order chi connectivity index (χ1) is 8.41. The lowest BCUT2D eigenvalue weighted by Gasteiger charge is -2.15. The minimum Gasteiger partial charge on any atom is -0.424 e. The summed E-state index contributed by atoms with van der Waals surface area (Å²) in [5.74, 6) is 0.160. The van der Waals surface area contributed by atoms with E-state index in [2.05, 4.69) is 11.1 Å². The first-order valence-electron chi connectivity index (χ1n) is 5.65. The summed E-state index contributed by atoms with van der Waals surface area (Å²) in [6, 6.07) is 7.28. The smallest absolute Gasteiger partial charge is 0.316 e. The molecule has 0 amide bonds. The molecule has 0 saturated heterocycles. The van der Waals surface area contributed by atoms with Crippen molar-refractivity contribution in [2.24, 2.45) is 5.41 Å². The summed E-state index contributed by atoms with van der Waals surface area (Å²) in [7, 11) is 0. The minimum absolute atomic E-state index is 0.300. The molecule has 0 aliphatic rings. The second-order valence-corrected chi connectivity index (χ2v) is 5.16. The Kier molecular flexibility index (Phi) is 2.84. The molecule has 18 heavy (non-hydrogen) atoms. The van der Waals surface area contributed by atoms with Crippen LogP contribution in [-0.2, 0) is 4.79 Å². The molecule has 0 radical (unpaired) electrons. The molecule has 0 saturated carbocycles. The van der Waals surface area contributed by atoms with E-state index in [1.54, 1.807) is 45.2 Å². The highest BCUT2D eigenvalue weighted by molar-refractivity contribution is 5.90. The molecule has 1 aromatic carbocycles. The van der Waals surface area contributed by atoms with E-state index >= 15 is 0 Å². The van der Waals surface area contributed by atoms with E-state index in [0.29, 0.717) is 11.3 Å². The molecule has 4 nitrogen and oxygen atoms in total. The van der Waals surface area contributed by atoms with Gasteiger partial charge in [0.2, 0.25) is 0 Å². The maximum absolute atomic E-state index is 11.8. The Bertz CT molecular complexity index is 642. The van der Waals surface area contributed by atoms with E-state index in [9.17, 15) is 4.79 Å². The van der Waals surface area contributed by atoms with E-state index in [1.807, 2.05) is 0 Å². The molecule has 0 spiro atoms. The summed E-state index contributed by atoms with van der Waals surface area (Å²) < 4.78 is 5.35. The third-order valence-corrected chi connectivity index (χ3v) is 2.59. The molecule has 1 aromatic heterocycles. The van der Waals surface area contributed by atoms with Gasteiger partial charge in [-0.2, -0.15) is 5.26 Å². The highest BCUT2D eigenvalue weighted by Gasteiger charge is 2.24. The molecule has 0 aliphatic carbocycles. The Morgan fingerprint density at radius 3 is 2.72 bits per heavy atom. The fraction of sp³-hybridized carbons (Fsp3) is 0.286. The first kappa shape index (κ1) is 12.2. The number of fused-ring (bicyclic) bond motifs is 1. The predicted molar refractivity (Wildman–Crippen MR) is 68.1 cm³/mol. The number of esters is 1. The number of rotatable bonds is 1. The van der Waals surface area contributed by atoms with Crippen molar-refractivity contribution in [3.63, 3.8) is 0 Å². The van der Waals surface area contributed by atoms with Gasteiger partial charge >= 0.3 is 5.97 Å². The van der Waals surface area contributed by atoms with Gasteiger partial charge in [-0.25, -0.2) is 0 Å². The number of aromatic amines is 1. The van der Waals surface area contributed by atoms with Crippen LogP contribution < -0.4 is 4.74 Å². The monoisotopic (exact) mass is 242 g/mol. The van der Waals surface area contributed by atoms with Gasteiger partial charge < -0.3 is 9.72 Å². The minimum atomic E-state index is -0.559. The molecule has 1 N–H and O–H groups in total. The zero-order valence-electron chi connectivity index (χ0n) is 10.6. The van der Waals surface area contributed by atoms with Crippen molar-refractivity contribution in [1.82, 2.24) is 4.98 Å². The van der Waals surface area contributed by atoms with Gasteiger partial charge in [0, 0.05) is 17.1 Å². The van der Waals surface area contributed by atoms with Crippen molar-refractivity contribution in [1.29, 1.82) is 5.26 Å². The SMILES string of the molecule is CC(C)(C)C(=O)Oc1c[nH]c2ccc(C#N)cc12. The maximum atomic E-state index is 11.8. The quantitative estimate of drug-likeness (QED) is 0.782. The van der Waals surface area contributed by atoms with Crippen LogP contribution in [0, 0.1) is 16.7 Å². The van der Waals surface area contributed by atoms with E-state index in [4.69, 9.17) is 10.00 Å². The van der Waals surface area contributed by atoms with Crippen LogP contribution in [0.15, 0.2) is 24.4 Å². The van der Waals surface area contributed by atoms with E-state index in [0.717, 1.165) is 10.9 Å². The van der Waals surface area contributed by atoms with Crippen LogP contribution in [0.1, 0.15) is 26.3 Å². The van der Waals surface area contributed by atoms with Gasteiger partial charge in [0.05, 0.1) is 17.0 Å². The fourth-order valence-electron chi connectivity index (χ4n) is 1.50. The van der Waals surface area contributed by atoms with Crippen LogP contribution in [0.5, 0.6) is 5.75 Å². The van der Waals surface area contributed by atoms with Gasteiger partial charge in [0.1, 0.15) is 0 Å². The largest absolute Gasteiger partial charge is 0.424 e. The van der Waals surface area contributed by atoms with Crippen molar-refractivity contribution >= 4 is 16.9 Å². The number of carbonyl (C=O) groups is 1. The zero-order valence-corrected chi connectivity index (χ0v) is 10.6. The van der Waals surface area contributed by atoms with Crippen LogP contribution in [-0.4, -0.2) is 11.0 Å². The summed E-state index contributed by atoms with van der Waals surface area (Å²) in [5.41, 5.74) is 0.817. The number of H-pyrrole nitrogens is 1. The van der Waals surface area contributed by atoms with Crippen molar-refractivity contribution in [2.75, 3.05) is 0 Å². The molecule has 4 heteroatoms. The number of benzene rings is 1. The number of nitriles is 1. The van der Waals surface area contributed by atoms with Crippen LogP contribution in [0.25, 0.3) is 10.9 Å². The molecule has 1 heterocycles. The summed E-state index contributed by atoms with van der Waals surface area (Å²) >= 11 is 0. The molecule has 92 valence electrons. The standard InChI is InChI=1S/C14H14N2O2/c1-14(2,3)13(17)18-12-8-16-11-5-4-9(7-15)6-10(11)12/h4-6,8,16H,1-3H3. The number of carbonyl (C=O) groups excluding carboxylic acids is 1. The third kappa shape index (κ3) is 2.21. The highest BCUT2D eigenvalue weighted by Crippen LogP contribution is 2.28. The molecular formula is C14H14N2O2. The van der Waals surface area contributed by atoms with Crippen molar-refractivity contribution < 1.29 is 9.53 Å². The number of ether oxygens (including phenoxy) is 1. The van der Waals surface area contributed by atoms with Gasteiger partial charge in [0.15, 0.2) is 5.75 Å². The molecule has 0 atom stereocenters. The van der Waals surface area contributed by atoms with Crippen LogP contribution in [0.2, 0.25) is 0 Å². The molecule has 0 aliphatic heterocycles. The highest BCUT2D eigenvalue weighted by atomic mass is 16.5. The second kappa shape index (κ2) is 4.19. The van der Waals surface area contributed by atoms with E-state index < -0.39 is 5.41 Å². The number of hydrogen-bond acceptors (Lipinski definition) is 3. The number of nitrogens with zero attached hydrogens (tertiary/aromatic N) is 1. The Morgan fingerprint density at radius 1 is 1.39 bits per heavy atom. The number of aromatic nitrogens is 1. The Morgan fingerprint density at radius 2 is 2.11 bits per heavy atom. The first-order valence-corrected chi connectivity index (χ1v) is 5.65.